The summed E-state index contributed by atoms with van der Waals surface area (Å²) in [6.45, 7) is 0.856. The molecule has 0 N–H and O–H groups in total. The third-order valence-corrected chi connectivity index (χ3v) is 3.96. The fourth-order valence-electron chi connectivity index (χ4n) is 1.45. The minimum atomic E-state index is -0.159. The predicted octanol–water partition coefficient (Wildman–Crippen LogP) is 4.02. The zero-order valence-electron chi connectivity index (χ0n) is 7.30. The number of rotatable bonds is 1. The standard InChI is InChI=1S/C10H8Br2ClN/c11-10(12)5-6-14-9(10)7-1-3-8(13)4-2-7/h1-4H,5-6H2. The molecule has 0 saturated carbocycles. The molecule has 0 bridgehead atoms. The van der Waals surface area contributed by atoms with E-state index in [0.717, 1.165) is 29.3 Å². The maximum absolute atomic E-state index is 5.83. The van der Waals surface area contributed by atoms with Crippen LogP contribution in [-0.2, 0) is 0 Å². The first-order valence-corrected chi connectivity index (χ1v) is 6.25. The Morgan fingerprint density at radius 2 is 1.86 bits per heavy atom. The Bertz CT molecular complexity index is 370. The molecule has 1 nitrogen and oxygen atoms in total. The topological polar surface area (TPSA) is 12.4 Å². The van der Waals surface area contributed by atoms with Crippen LogP contribution in [0.5, 0.6) is 0 Å². The number of nitrogens with zero attached hydrogens (tertiary/aromatic N) is 1. The van der Waals surface area contributed by atoms with Crippen LogP contribution in [0.15, 0.2) is 29.3 Å². The first-order chi connectivity index (χ1) is 6.59. The predicted molar refractivity (Wildman–Crippen MR) is 68.1 cm³/mol. The van der Waals surface area contributed by atoms with Gasteiger partial charge in [0.1, 0.15) is 3.23 Å². The minimum absolute atomic E-state index is 0.159. The number of aliphatic imine (C=N–C) groups is 1. The number of benzene rings is 1. The van der Waals surface area contributed by atoms with Crippen molar-refractivity contribution in [2.75, 3.05) is 6.54 Å². The van der Waals surface area contributed by atoms with Gasteiger partial charge in [0, 0.05) is 11.6 Å². The number of hydrogen-bond donors (Lipinski definition) is 0. The zero-order valence-corrected chi connectivity index (χ0v) is 11.2. The summed E-state index contributed by atoms with van der Waals surface area (Å²) >= 11 is 13.1. The lowest BCUT2D eigenvalue weighted by Crippen LogP contribution is -2.20. The van der Waals surface area contributed by atoms with Gasteiger partial charge in [-0.1, -0.05) is 55.6 Å². The van der Waals surface area contributed by atoms with Crippen LogP contribution in [0.1, 0.15) is 12.0 Å². The average Bonchev–Trinajstić information content (AvgIpc) is 2.47. The Morgan fingerprint density at radius 1 is 1.21 bits per heavy atom. The van der Waals surface area contributed by atoms with E-state index in [-0.39, 0.29) is 3.23 Å². The van der Waals surface area contributed by atoms with Gasteiger partial charge in [-0.3, -0.25) is 4.99 Å². The summed E-state index contributed by atoms with van der Waals surface area (Å²) in [4.78, 5) is 4.47. The lowest BCUT2D eigenvalue weighted by atomic mass is 10.1. The van der Waals surface area contributed by atoms with Crippen LogP contribution >= 0.6 is 43.5 Å². The van der Waals surface area contributed by atoms with Crippen LogP contribution in [0.25, 0.3) is 0 Å². The first kappa shape index (κ1) is 10.7. The highest BCUT2D eigenvalue weighted by Gasteiger charge is 2.34. The minimum Gasteiger partial charge on any atom is -0.287 e. The number of halogens is 3. The summed E-state index contributed by atoms with van der Waals surface area (Å²) in [5, 5.41) is 0.752. The van der Waals surface area contributed by atoms with Gasteiger partial charge in [-0.25, -0.2) is 0 Å². The van der Waals surface area contributed by atoms with Crippen molar-refractivity contribution in [1.82, 2.24) is 0 Å². The van der Waals surface area contributed by atoms with E-state index in [9.17, 15) is 0 Å². The molecule has 0 radical (unpaired) electrons. The zero-order chi connectivity index (χ0) is 10.2. The Balaban J connectivity index is 2.36. The molecule has 14 heavy (non-hydrogen) atoms. The monoisotopic (exact) mass is 335 g/mol. The van der Waals surface area contributed by atoms with Gasteiger partial charge in [-0.2, -0.15) is 0 Å². The summed E-state index contributed by atoms with van der Waals surface area (Å²) in [6.07, 6.45) is 0.977. The molecule has 0 atom stereocenters. The Labute approximate surface area is 105 Å². The molecule has 0 saturated heterocycles. The molecule has 1 heterocycles. The van der Waals surface area contributed by atoms with Crippen molar-refractivity contribution < 1.29 is 0 Å². The fourth-order valence-corrected chi connectivity index (χ4v) is 2.64. The third-order valence-electron chi connectivity index (χ3n) is 2.16. The molecule has 0 amide bonds. The molecule has 0 unspecified atom stereocenters. The lowest BCUT2D eigenvalue weighted by Gasteiger charge is -2.15. The lowest BCUT2D eigenvalue weighted by molar-refractivity contribution is 0.947. The third kappa shape index (κ3) is 2.05. The Morgan fingerprint density at radius 3 is 2.36 bits per heavy atom. The normalized spacial score (nSPS) is 19.5. The highest BCUT2D eigenvalue weighted by molar-refractivity contribution is 9.26. The largest absolute Gasteiger partial charge is 0.287 e. The second-order valence-electron chi connectivity index (χ2n) is 3.19. The Hall–Kier alpha value is 0.140. The quantitative estimate of drug-likeness (QED) is 0.687. The van der Waals surface area contributed by atoms with Crippen LogP contribution in [0.4, 0.5) is 0 Å². The summed E-state index contributed by atoms with van der Waals surface area (Å²) < 4.78 is -0.159. The van der Waals surface area contributed by atoms with Gasteiger partial charge >= 0.3 is 0 Å². The summed E-state index contributed by atoms with van der Waals surface area (Å²) in [5.41, 5.74) is 2.16. The van der Waals surface area contributed by atoms with E-state index in [1.165, 1.54) is 0 Å². The molecule has 1 aromatic rings. The SMILES string of the molecule is Clc1ccc(C2=NCCC2(Br)Br)cc1. The number of alkyl halides is 2. The highest BCUT2D eigenvalue weighted by Crippen LogP contribution is 2.38. The van der Waals surface area contributed by atoms with E-state index in [1.807, 2.05) is 24.3 Å². The van der Waals surface area contributed by atoms with Crippen LogP contribution in [0.3, 0.4) is 0 Å². The van der Waals surface area contributed by atoms with Gasteiger partial charge in [0.25, 0.3) is 0 Å². The number of hydrogen-bond acceptors (Lipinski definition) is 1. The molecule has 4 heteroatoms. The molecule has 0 fully saturated rings. The van der Waals surface area contributed by atoms with Gasteiger partial charge in [-0.15, -0.1) is 0 Å². The van der Waals surface area contributed by atoms with Crippen LogP contribution in [0, 0.1) is 0 Å². The van der Waals surface area contributed by atoms with Crippen molar-refractivity contribution in [3.63, 3.8) is 0 Å². The van der Waals surface area contributed by atoms with Gasteiger partial charge in [0.05, 0.1) is 5.71 Å². The smallest absolute Gasteiger partial charge is 0.124 e. The molecular weight excluding hydrogens is 329 g/mol. The van der Waals surface area contributed by atoms with Crippen molar-refractivity contribution in [2.24, 2.45) is 4.99 Å². The van der Waals surface area contributed by atoms with Crippen molar-refractivity contribution in [2.45, 2.75) is 9.65 Å². The summed E-state index contributed by atoms with van der Waals surface area (Å²) in [6, 6.07) is 7.75. The van der Waals surface area contributed by atoms with E-state index < -0.39 is 0 Å². The van der Waals surface area contributed by atoms with Gasteiger partial charge < -0.3 is 0 Å². The molecule has 0 spiro atoms. The maximum Gasteiger partial charge on any atom is 0.124 e. The highest BCUT2D eigenvalue weighted by atomic mass is 79.9. The van der Waals surface area contributed by atoms with E-state index in [0.29, 0.717) is 0 Å². The summed E-state index contributed by atoms with van der Waals surface area (Å²) in [7, 11) is 0. The molecule has 1 aliphatic heterocycles. The van der Waals surface area contributed by atoms with E-state index in [1.54, 1.807) is 0 Å². The average molecular weight is 337 g/mol. The second kappa shape index (κ2) is 3.95. The van der Waals surface area contributed by atoms with Gasteiger partial charge in [0.15, 0.2) is 0 Å². The van der Waals surface area contributed by atoms with E-state index in [4.69, 9.17) is 11.6 Å². The van der Waals surface area contributed by atoms with Crippen LogP contribution in [0.2, 0.25) is 5.02 Å². The Kier molecular flexibility index (Phi) is 3.01. The molecule has 0 aliphatic carbocycles. The van der Waals surface area contributed by atoms with Crippen molar-refractivity contribution >= 4 is 49.2 Å². The van der Waals surface area contributed by atoms with Crippen molar-refractivity contribution in [1.29, 1.82) is 0 Å². The molecule has 74 valence electrons. The molecular formula is C10H8Br2ClN. The van der Waals surface area contributed by atoms with Gasteiger partial charge in [0.2, 0.25) is 0 Å². The first-order valence-electron chi connectivity index (χ1n) is 4.28. The molecule has 1 aromatic carbocycles. The maximum atomic E-state index is 5.83. The molecule has 0 aromatic heterocycles. The summed E-state index contributed by atoms with van der Waals surface area (Å²) in [5.74, 6) is 0. The fraction of sp³-hybridized carbons (Fsp3) is 0.300. The van der Waals surface area contributed by atoms with Crippen LogP contribution in [-0.4, -0.2) is 15.5 Å². The van der Waals surface area contributed by atoms with E-state index >= 15 is 0 Å². The molecule has 2 rings (SSSR count). The van der Waals surface area contributed by atoms with Crippen molar-refractivity contribution in [3.8, 4) is 0 Å². The second-order valence-corrected chi connectivity index (χ2v) is 7.40. The van der Waals surface area contributed by atoms with Crippen molar-refractivity contribution in [3.05, 3.63) is 34.9 Å². The molecule has 1 aliphatic rings. The van der Waals surface area contributed by atoms with Crippen LogP contribution < -0.4 is 0 Å². The van der Waals surface area contributed by atoms with E-state index in [2.05, 4.69) is 36.9 Å². The van der Waals surface area contributed by atoms with Gasteiger partial charge in [-0.05, 0) is 24.1 Å².